The molecule has 1 saturated carbocycles. The van der Waals surface area contributed by atoms with E-state index in [2.05, 4.69) is 25.8 Å². The third kappa shape index (κ3) is 3.31. The summed E-state index contributed by atoms with van der Waals surface area (Å²) in [5.41, 5.74) is 1.28. The van der Waals surface area contributed by atoms with Gasteiger partial charge in [0.25, 0.3) is 5.91 Å². The zero-order chi connectivity index (χ0) is 19.0. The zero-order valence-corrected chi connectivity index (χ0v) is 16.0. The molecule has 1 spiro atoms. The quantitative estimate of drug-likeness (QED) is 0.797. The Labute approximate surface area is 165 Å². The number of ether oxygens (including phenoxy) is 1. The van der Waals surface area contributed by atoms with Crippen LogP contribution >= 0.6 is 0 Å². The second-order valence-electron chi connectivity index (χ2n) is 8.26. The predicted octanol–water partition coefficient (Wildman–Crippen LogP) is 2.08. The van der Waals surface area contributed by atoms with Crippen molar-refractivity contribution >= 4 is 5.91 Å². The number of nitrogens with zero attached hydrogens (tertiary/aromatic N) is 4. The summed E-state index contributed by atoms with van der Waals surface area (Å²) in [6, 6.07) is 9.98. The molecule has 6 nitrogen and oxygen atoms in total. The molecule has 3 aliphatic rings. The molecule has 1 aliphatic carbocycles. The van der Waals surface area contributed by atoms with Crippen LogP contribution in [0.2, 0.25) is 0 Å². The van der Waals surface area contributed by atoms with Gasteiger partial charge in [-0.2, -0.15) is 0 Å². The van der Waals surface area contributed by atoms with Crippen LogP contribution in [0.15, 0.2) is 48.9 Å². The van der Waals surface area contributed by atoms with Crippen molar-refractivity contribution in [3.8, 4) is 0 Å². The number of pyridine rings is 2. The highest BCUT2D eigenvalue weighted by Crippen LogP contribution is 2.43. The minimum atomic E-state index is -0.815. The number of likely N-dealkylation sites (tertiary alicyclic amines) is 1. The lowest BCUT2D eigenvalue weighted by atomic mass is 9.83. The van der Waals surface area contributed by atoms with Crippen molar-refractivity contribution in [3.63, 3.8) is 0 Å². The van der Waals surface area contributed by atoms with E-state index in [0.717, 1.165) is 30.9 Å². The number of amides is 1. The molecular formula is C22H26N4O2. The van der Waals surface area contributed by atoms with Gasteiger partial charge in [-0.05, 0) is 42.5 Å². The summed E-state index contributed by atoms with van der Waals surface area (Å²) in [4.78, 5) is 26.8. The van der Waals surface area contributed by atoms with E-state index in [1.54, 1.807) is 6.20 Å². The second-order valence-corrected chi connectivity index (χ2v) is 8.26. The van der Waals surface area contributed by atoms with Crippen molar-refractivity contribution < 1.29 is 9.53 Å². The standard InChI is InChI=1S/C22H26N4O2/c27-21-22(28-11-10-26(21)13-17-6-7-17)16-25(14-19-5-1-2-9-24-19)15-20(22)18-4-3-8-23-12-18/h1-5,8-9,12,17,20H,6-7,10-11,13-16H2/t20-,22-/m1/s1. The molecule has 2 aliphatic heterocycles. The Bertz CT molecular complexity index is 827. The Hall–Kier alpha value is -2.31. The van der Waals surface area contributed by atoms with Crippen molar-refractivity contribution in [2.24, 2.45) is 5.92 Å². The molecule has 146 valence electrons. The first-order valence-corrected chi connectivity index (χ1v) is 10.2. The van der Waals surface area contributed by atoms with Gasteiger partial charge in [-0.3, -0.25) is 19.7 Å². The van der Waals surface area contributed by atoms with Crippen molar-refractivity contribution in [3.05, 3.63) is 60.2 Å². The maximum absolute atomic E-state index is 13.6. The average molecular weight is 378 g/mol. The fraction of sp³-hybridized carbons (Fsp3) is 0.500. The lowest BCUT2D eigenvalue weighted by Gasteiger charge is -2.42. The Morgan fingerprint density at radius 2 is 2.11 bits per heavy atom. The largest absolute Gasteiger partial charge is 0.361 e. The van der Waals surface area contributed by atoms with Crippen LogP contribution in [-0.4, -0.2) is 64.1 Å². The Kier molecular flexibility index (Phi) is 4.61. The number of carbonyl (C=O) groups excluding carboxylic acids is 1. The number of hydrogen-bond acceptors (Lipinski definition) is 5. The zero-order valence-electron chi connectivity index (χ0n) is 16.0. The smallest absolute Gasteiger partial charge is 0.256 e. The molecule has 0 N–H and O–H groups in total. The summed E-state index contributed by atoms with van der Waals surface area (Å²) in [7, 11) is 0. The molecule has 2 aromatic heterocycles. The summed E-state index contributed by atoms with van der Waals surface area (Å²) in [6.07, 6.45) is 7.97. The van der Waals surface area contributed by atoms with Crippen molar-refractivity contribution in [1.29, 1.82) is 0 Å². The van der Waals surface area contributed by atoms with Crippen molar-refractivity contribution in [1.82, 2.24) is 19.8 Å². The third-order valence-electron chi connectivity index (χ3n) is 6.21. The van der Waals surface area contributed by atoms with Crippen LogP contribution < -0.4 is 0 Å². The van der Waals surface area contributed by atoms with Crippen molar-refractivity contribution in [2.45, 2.75) is 30.9 Å². The molecule has 2 atom stereocenters. The van der Waals surface area contributed by atoms with Crippen LogP contribution in [0.3, 0.4) is 0 Å². The first-order valence-electron chi connectivity index (χ1n) is 10.2. The van der Waals surface area contributed by atoms with Crippen LogP contribution in [0.25, 0.3) is 0 Å². The molecule has 2 saturated heterocycles. The average Bonchev–Trinajstić information content (AvgIpc) is 3.48. The molecule has 1 amide bonds. The fourth-order valence-electron chi connectivity index (χ4n) is 4.63. The van der Waals surface area contributed by atoms with Gasteiger partial charge >= 0.3 is 0 Å². The summed E-state index contributed by atoms with van der Waals surface area (Å²) in [5, 5.41) is 0. The van der Waals surface area contributed by atoms with E-state index < -0.39 is 5.60 Å². The summed E-state index contributed by atoms with van der Waals surface area (Å²) >= 11 is 0. The molecule has 28 heavy (non-hydrogen) atoms. The van der Waals surface area contributed by atoms with Gasteiger partial charge in [0, 0.05) is 57.2 Å². The number of morpholine rings is 1. The minimum absolute atomic E-state index is 0.0144. The predicted molar refractivity (Wildman–Crippen MR) is 104 cm³/mol. The molecule has 0 aromatic carbocycles. The third-order valence-corrected chi connectivity index (χ3v) is 6.21. The highest BCUT2D eigenvalue weighted by atomic mass is 16.5. The van der Waals surface area contributed by atoms with E-state index >= 15 is 0 Å². The highest BCUT2D eigenvalue weighted by molar-refractivity contribution is 5.88. The topological polar surface area (TPSA) is 58.6 Å². The van der Waals surface area contributed by atoms with Gasteiger partial charge in [0.15, 0.2) is 5.60 Å². The van der Waals surface area contributed by atoms with Gasteiger partial charge in [-0.25, -0.2) is 0 Å². The minimum Gasteiger partial charge on any atom is -0.361 e. The van der Waals surface area contributed by atoms with Gasteiger partial charge in [0.05, 0.1) is 12.3 Å². The van der Waals surface area contributed by atoms with E-state index in [-0.39, 0.29) is 11.8 Å². The van der Waals surface area contributed by atoms with Gasteiger partial charge in [0.2, 0.25) is 0 Å². The number of hydrogen-bond donors (Lipinski definition) is 0. The molecule has 2 aromatic rings. The van der Waals surface area contributed by atoms with Crippen LogP contribution in [0.4, 0.5) is 0 Å². The maximum Gasteiger partial charge on any atom is 0.256 e. The maximum atomic E-state index is 13.6. The second kappa shape index (κ2) is 7.26. The first-order chi connectivity index (χ1) is 13.7. The van der Waals surface area contributed by atoms with E-state index in [4.69, 9.17) is 4.74 Å². The number of carbonyl (C=O) groups is 1. The van der Waals surface area contributed by atoms with E-state index in [1.165, 1.54) is 12.8 Å². The Morgan fingerprint density at radius 3 is 2.86 bits per heavy atom. The van der Waals surface area contributed by atoms with Crippen molar-refractivity contribution in [2.75, 3.05) is 32.8 Å². The molecule has 4 heterocycles. The summed E-state index contributed by atoms with van der Waals surface area (Å²) in [6.45, 7) is 4.28. The molecule has 0 unspecified atom stereocenters. The fourth-order valence-corrected chi connectivity index (χ4v) is 4.63. The van der Waals surface area contributed by atoms with Crippen LogP contribution in [0.5, 0.6) is 0 Å². The Morgan fingerprint density at radius 1 is 1.18 bits per heavy atom. The Balaban J connectivity index is 1.44. The molecule has 5 rings (SSSR count). The van der Waals surface area contributed by atoms with Gasteiger partial charge < -0.3 is 9.64 Å². The SMILES string of the molecule is O=C1N(CC2CC2)CCO[C@@]12CN(Cc1ccccn1)C[C@@H]2c1cccnc1. The summed E-state index contributed by atoms with van der Waals surface area (Å²) in [5.74, 6) is 0.824. The van der Waals surface area contributed by atoms with Gasteiger partial charge in [-0.1, -0.05) is 12.1 Å². The lowest BCUT2D eigenvalue weighted by Crippen LogP contribution is -2.60. The van der Waals surface area contributed by atoms with Crippen LogP contribution in [0, 0.1) is 5.92 Å². The lowest BCUT2D eigenvalue weighted by molar-refractivity contribution is -0.172. The monoisotopic (exact) mass is 378 g/mol. The molecular weight excluding hydrogens is 352 g/mol. The molecule has 0 bridgehead atoms. The highest BCUT2D eigenvalue weighted by Gasteiger charge is 2.57. The normalized spacial score (nSPS) is 28.2. The van der Waals surface area contributed by atoms with Crippen LogP contribution in [-0.2, 0) is 16.1 Å². The molecule has 0 radical (unpaired) electrons. The molecule has 6 heteroatoms. The number of aromatic nitrogens is 2. The van der Waals surface area contributed by atoms with Gasteiger partial charge in [-0.15, -0.1) is 0 Å². The molecule has 3 fully saturated rings. The van der Waals surface area contributed by atoms with E-state index in [0.29, 0.717) is 25.6 Å². The van der Waals surface area contributed by atoms with E-state index in [9.17, 15) is 4.79 Å². The number of rotatable bonds is 5. The van der Waals surface area contributed by atoms with E-state index in [1.807, 2.05) is 36.7 Å². The van der Waals surface area contributed by atoms with Crippen LogP contribution in [0.1, 0.15) is 30.0 Å². The summed E-state index contributed by atoms with van der Waals surface area (Å²) < 4.78 is 6.32. The van der Waals surface area contributed by atoms with Gasteiger partial charge in [0.1, 0.15) is 0 Å². The first kappa shape index (κ1) is 17.8.